The first-order chi connectivity index (χ1) is 28.7. The Balaban J connectivity index is -0.000000228. The molecule has 14 nitrogen and oxygen atoms in total. The number of piperidine rings is 1. The zero-order valence-corrected chi connectivity index (χ0v) is 46.6. The van der Waals surface area contributed by atoms with Crippen LogP contribution in [0.25, 0.3) is 0 Å². The minimum Gasteiger partial charge on any atom is -0.525 e. The first kappa shape index (κ1) is 69.3. The smallest absolute Gasteiger partial charge is 0.328 e. The summed E-state index contributed by atoms with van der Waals surface area (Å²) in [6.45, 7) is 19.6. The van der Waals surface area contributed by atoms with Crippen LogP contribution in [0.15, 0.2) is 72.8 Å². The van der Waals surface area contributed by atoms with E-state index in [1.54, 1.807) is 34.9 Å². The van der Waals surface area contributed by atoms with E-state index in [1.165, 1.54) is 12.1 Å². The van der Waals surface area contributed by atoms with E-state index in [0.29, 0.717) is 18.3 Å². The maximum Gasteiger partial charge on any atom is 0.328 e. The molecule has 63 heavy (non-hydrogen) atoms. The van der Waals surface area contributed by atoms with Gasteiger partial charge in [0.2, 0.25) is 23.6 Å². The van der Waals surface area contributed by atoms with E-state index in [0.717, 1.165) is 36.3 Å². The number of hydrogen-bond acceptors (Lipinski definition) is 11. The molecule has 3 aliphatic heterocycles. The zero-order chi connectivity index (χ0) is 46.4. The molecule has 0 aliphatic carbocycles. The topological polar surface area (TPSA) is 191 Å². The van der Waals surface area contributed by atoms with Gasteiger partial charge in [-0.1, -0.05) is 97.9 Å². The fraction of sp³-hybridized carbons (Fsp3) is 0.356. The molecule has 2 saturated heterocycles. The standard InChI is InChI=1S/C15H15N2O3.C10H12NO.C7H5FO.C4H4N2O3.C3H8N.3C2H6.3Y/c1-9-15(12(18)7-13(19)16-14(15)20)8-10-5-3-4-6-11(10)17(9)2;1-3-11(2)10-7-5-4-6-9(10)8-12;8-7-4-2-1-3-6(7)5-9;7-2-1-3(8)6-4(9)5-2;1-3-4-2;3*1-2;;;/h3-6,9H,2,7-8H2,1H3,(H,16,19,20);4-8H,2-3H2,1H3;1-5H;1H2,(H2,5,6,7,8,9);4H,2-3H2,1H3;3*1-2H3;;;/q2*-1;;;-1;;;;;;. The third kappa shape index (κ3) is 22.8. The molecule has 3 radical (unpaired) electrons. The number of carbonyl (C=O) groups is 8. The van der Waals surface area contributed by atoms with E-state index in [1.807, 2.05) is 108 Å². The van der Waals surface area contributed by atoms with Crippen LogP contribution in [0.4, 0.5) is 20.6 Å². The molecule has 0 saturated carbocycles. The van der Waals surface area contributed by atoms with Crippen molar-refractivity contribution in [1.82, 2.24) is 21.3 Å². The molecular formula is C45H62FN6O8Y3-3. The van der Waals surface area contributed by atoms with Crippen molar-refractivity contribution in [2.75, 3.05) is 22.9 Å². The number of imide groups is 3. The quantitative estimate of drug-likeness (QED) is 0.0912. The number of benzene rings is 3. The number of Topliss-reactive ketones (excluding diaryl/α,β-unsaturated/α-hetero) is 1. The molecule has 339 valence electrons. The van der Waals surface area contributed by atoms with E-state index in [9.17, 15) is 42.7 Å². The summed E-state index contributed by atoms with van der Waals surface area (Å²) in [4.78, 5) is 91.0. The number of halogens is 1. The first-order valence-corrected chi connectivity index (χ1v) is 19.7. The fourth-order valence-electron chi connectivity index (χ4n) is 5.31. The van der Waals surface area contributed by atoms with E-state index >= 15 is 0 Å². The van der Waals surface area contributed by atoms with Crippen LogP contribution < -0.4 is 31.1 Å². The van der Waals surface area contributed by atoms with Gasteiger partial charge in [-0.05, 0) is 62.3 Å². The molecule has 2 unspecified atom stereocenters. The number of carbonyl (C=O) groups excluding carboxylic acids is 8. The normalized spacial score (nSPS) is 15.9. The summed E-state index contributed by atoms with van der Waals surface area (Å²) in [5, 5.41) is 8.78. The maximum absolute atomic E-state index is 12.4. The largest absolute Gasteiger partial charge is 0.525 e. The van der Waals surface area contributed by atoms with Crippen molar-refractivity contribution in [2.45, 2.75) is 87.6 Å². The van der Waals surface area contributed by atoms with E-state index in [-0.39, 0.29) is 122 Å². The maximum atomic E-state index is 12.4. The number of nitrogens with zero attached hydrogens (tertiary/aromatic N) is 2. The number of ketones is 1. The second-order valence-corrected chi connectivity index (χ2v) is 11.8. The molecule has 0 aromatic heterocycles. The number of amides is 6. The van der Waals surface area contributed by atoms with Gasteiger partial charge in [0, 0.05) is 121 Å². The number of para-hydroxylation sites is 2. The van der Waals surface area contributed by atoms with E-state index in [2.05, 4.69) is 31.8 Å². The van der Waals surface area contributed by atoms with Crippen molar-refractivity contribution in [1.29, 1.82) is 0 Å². The summed E-state index contributed by atoms with van der Waals surface area (Å²) in [6.07, 6.45) is 1.16. The van der Waals surface area contributed by atoms with Crippen molar-refractivity contribution in [3.8, 4) is 0 Å². The second kappa shape index (κ2) is 39.6. The average molecular weight is 1100 g/mol. The molecule has 0 bridgehead atoms. The minimum atomic E-state index is -1.22. The summed E-state index contributed by atoms with van der Waals surface area (Å²) in [5.41, 5.74) is 2.28. The zero-order valence-electron chi connectivity index (χ0n) is 38.1. The summed E-state index contributed by atoms with van der Waals surface area (Å²) < 4.78 is 12.4. The van der Waals surface area contributed by atoms with Crippen molar-refractivity contribution >= 4 is 59.4 Å². The summed E-state index contributed by atoms with van der Waals surface area (Å²) in [6, 6.07) is 19.7. The Kier molecular flexibility index (Phi) is 43.5. The Morgan fingerprint density at radius 1 is 0.746 bits per heavy atom. The number of aldehydes is 2. The molecule has 6 amide bonds. The molecule has 6 rings (SSSR count). The fourth-order valence-corrected chi connectivity index (χ4v) is 5.31. The van der Waals surface area contributed by atoms with Gasteiger partial charge in [0.05, 0.1) is 12.0 Å². The average Bonchev–Trinajstić information content (AvgIpc) is 3.26. The van der Waals surface area contributed by atoms with Crippen molar-refractivity contribution in [2.24, 2.45) is 5.41 Å². The Morgan fingerprint density at radius 3 is 1.62 bits per heavy atom. The van der Waals surface area contributed by atoms with Crippen LogP contribution in [-0.4, -0.2) is 67.1 Å². The van der Waals surface area contributed by atoms with Crippen LogP contribution in [-0.2, 0) is 129 Å². The number of nitrogens with one attached hydrogen (secondary N) is 4. The van der Waals surface area contributed by atoms with Crippen LogP contribution in [0.2, 0.25) is 0 Å². The third-order valence-corrected chi connectivity index (χ3v) is 8.32. The van der Waals surface area contributed by atoms with Gasteiger partial charge in [0.15, 0.2) is 18.4 Å². The molecule has 3 heterocycles. The number of fused-ring (bicyclic) bond motifs is 1. The van der Waals surface area contributed by atoms with Crippen molar-refractivity contribution < 1.29 is 141 Å². The molecule has 2 fully saturated rings. The Bertz CT molecular complexity index is 1790. The van der Waals surface area contributed by atoms with Gasteiger partial charge in [-0.25, -0.2) is 9.18 Å². The van der Waals surface area contributed by atoms with Gasteiger partial charge in [0.1, 0.15) is 17.7 Å². The predicted octanol–water partition coefficient (Wildman–Crippen LogP) is 6.79. The van der Waals surface area contributed by atoms with Gasteiger partial charge in [0.25, 0.3) is 0 Å². The van der Waals surface area contributed by atoms with Gasteiger partial charge in [-0.3, -0.25) is 70.7 Å². The molecule has 3 aromatic carbocycles. The number of hydrogen-bond donors (Lipinski definition) is 4. The van der Waals surface area contributed by atoms with E-state index in [4.69, 9.17) is 0 Å². The summed E-state index contributed by atoms with van der Waals surface area (Å²) in [7, 11) is 11.1. The van der Waals surface area contributed by atoms with Crippen LogP contribution in [0, 0.1) is 32.4 Å². The molecule has 3 aliphatic rings. The van der Waals surface area contributed by atoms with Gasteiger partial charge >= 0.3 is 6.03 Å². The number of barbiturate groups is 1. The summed E-state index contributed by atoms with van der Waals surface area (Å²) >= 11 is 0. The Hall–Kier alpha value is -2.78. The summed E-state index contributed by atoms with van der Waals surface area (Å²) in [5.74, 6) is -2.91. The van der Waals surface area contributed by atoms with Crippen molar-refractivity contribution in [3.63, 3.8) is 0 Å². The number of anilines is 2. The van der Waals surface area contributed by atoms with Gasteiger partial charge in [-0.15, -0.1) is 0 Å². The Labute approximate surface area is 449 Å². The molecule has 1 spiro atoms. The van der Waals surface area contributed by atoms with Crippen LogP contribution in [0.3, 0.4) is 0 Å². The number of urea groups is 1. The van der Waals surface area contributed by atoms with Crippen LogP contribution in [0.5, 0.6) is 0 Å². The van der Waals surface area contributed by atoms with Gasteiger partial charge < -0.3 is 15.1 Å². The number of rotatable bonds is 5. The first-order valence-electron chi connectivity index (χ1n) is 19.7. The molecule has 3 aromatic rings. The molecule has 18 heteroatoms. The van der Waals surface area contributed by atoms with Gasteiger partial charge in [-0.2, -0.15) is 0 Å². The second-order valence-electron chi connectivity index (χ2n) is 11.8. The monoisotopic (exact) mass is 1100 g/mol. The minimum absolute atomic E-state index is 0. The molecule has 4 N–H and O–H groups in total. The molecule has 2 atom stereocenters. The van der Waals surface area contributed by atoms with E-state index < -0.39 is 46.9 Å². The SMILES string of the molecule is CC.CC.CC.O=C1CC(=O)NC(=O)N1.O=Cc1ccccc1F.[CH2-]N(CC)c1ccccc1C=O.[CH2-]N1c2ccccc2CC2(C(=O)CC(=O)NC2=O)C1C.[CH2-]NCC.[Y].[Y].[Y]. The third-order valence-electron chi connectivity index (χ3n) is 8.32. The Morgan fingerprint density at radius 2 is 1.19 bits per heavy atom. The van der Waals surface area contributed by atoms with Crippen molar-refractivity contribution in [3.05, 3.63) is 116 Å². The predicted molar refractivity (Wildman–Crippen MR) is 234 cm³/mol. The van der Waals surface area contributed by atoms with Crippen LogP contribution in [0.1, 0.15) is 101 Å². The molecular weight excluding hydrogens is 1040 g/mol. The van der Waals surface area contributed by atoms with Crippen LogP contribution >= 0.6 is 0 Å².